The Kier molecular flexibility index (Phi) is 5.83. The molecule has 0 fully saturated rings. The Hall–Kier alpha value is -3.85. The topological polar surface area (TPSA) is 102 Å². The highest BCUT2D eigenvalue weighted by Gasteiger charge is 2.20. The van der Waals surface area contributed by atoms with E-state index in [4.69, 9.17) is 4.74 Å². The van der Waals surface area contributed by atoms with Gasteiger partial charge in [0.2, 0.25) is 5.91 Å². The number of nitrogens with one attached hydrogen (secondary N) is 2. The summed E-state index contributed by atoms with van der Waals surface area (Å²) in [6.45, 7) is 1.76. The molecule has 1 aromatic heterocycles. The number of benzene rings is 3. The Balaban J connectivity index is 1.54. The van der Waals surface area contributed by atoms with E-state index in [1.165, 1.54) is 19.2 Å². The maximum Gasteiger partial charge on any atom is 0.262 e. The standard InChI is InChI=1S/C23H22N4O4S/c1-16(27-15-24-19-10-3-5-12-21(19)27)23(28)25-17-8-7-9-18(14-17)32(29,30)26-20-11-4-6-13-22(20)31-2/h3-16,26H,1-2H3,(H,25,28). The fourth-order valence-corrected chi connectivity index (χ4v) is 4.45. The monoisotopic (exact) mass is 450 g/mol. The van der Waals surface area contributed by atoms with E-state index in [-0.39, 0.29) is 10.8 Å². The van der Waals surface area contributed by atoms with Crippen LogP contribution in [0.3, 0.4) is 0 Å². The van der Waals surface area contributed by atoms with Crippen LogP contribution in [0.5, 0.6) is 5.75 Å². The average molecular weight is 451 g/mol. The van der Waals surface area contributed by atoms with Crippen LogP contribution in [-0.2, 0) is 14.8 Å². The Morgan fingerprint density at radius 3 is 2.59 bits per heavy atom. The molecule has 0 aliphatic heterocycles. The summed E-state index contributed by atoms with van der Waals surface area (Å²) in [6.07, 6.45) is 1.62. The Bertz CT molecular complexity index is 1380. The zero-order valence-corrected chi connectivity index (χ0v) is 18.3. The minimum atomic E-state index is -3.89. The molecule has 9 heteroatoms. The van der Waals surface area contributed by atoms with Crippen LogP contribution >= 0.6 is 0 Å². The summed E-state index contributed by atoms with van der Waals surface area (Å²) in [5.41, 5.74) is 2.33. The smallest absolute Gasteiger partial charge is 0.262 e. The molecule has 1 unspecified atom stereocenters. The van der Waals surface area contributed by atoms with Crippen LogP contribution in [0.15, 0.2) is 84.0 Å². The summed E-state index contributed by atoms with van der Waals surface area (Å²) in [6, 6.07) is 19.8. The summed E-state index contributed by atoms with van der Waals surface area (Å²) >= 11 is 0. The summed E-state index contributed by atoms with van der Waals surface area (Å²) in [5.74, 6) is 0.113. The van der Waals surface area contributed by atoms with Gasteiger partial charge < -0.3 is 14.6 Å². The molecule has 1 heterocycles. The van der Waals surface area contributed by atoms with Gasteiger partial charge in [-0.15, -0.1) is 0 Å². The quantitative estimate of drug-likeness (QED) is 0.442. The number of hydrogen-bond donors (Lipinski definition) is 2. The van der Waals surface area contributed by atoms with Crippen LogP contribution in [0, 0.1) is 0 Å². The minimum Gasteiger partial charge on any atom is -0.495 e. The van der Waals surface area contributed by atoms with Crippen molar-refractivity contribution in [2.24, 2.45) is 0 Å². The molecule has 3 aromatic carbocycles. The average Bonchev–Trinajstić information content (AvgIpc) is 3.23. The number of ether oxygens (including phenoxy) is 1. The number of nitrogens with zero attached hydrogens (tertiary/aromatic N) is 2. The molecule has 0 radical (unpaired) electrons. The summed E-state index contributed by atoms with van der Waals surface area (Å²) in [4.78, 5) is 17.2. The van der Waals surface area contributed by atoms with E-state index < -0.39 is 16.1 Å². The van der Waals surface area contributed by atoms with Crippen LogP contribution in [0.1, 0.15) is 13.0 Å². The fraction of sp³-hybridized carbons (Fsp3) is 0.130. The number of aromatic nitrogens is 2. The number of carbonyl (C=O) groups excluding carboxylic acids is 1. The molecule has 8 nitrogen and oxygen atoms in total. The second kappa shape index (κ2) is 8.72. The van der Waals surface area contributed by atoms with Gasteiger partial charge in [0, 0.05) is 5.69 Å². The number of carbonyl (C=O) groups is 1. The van der Waals surface area contributed by atoms with Crippen LogP contribution in [0.2, 0.25) is 0 Å². The molecule has 1 atom stereocenters. The first-order valence-electron chi connectivity index (χ1n) is 9.87. The van der Waals surface area contributed by atoms with E-state index >= 15 is 0 Å². The van der Waals surface area contributed by atoms with Crippen molar-refractivity contribution in [3.8, 4) is 5.75 Å². The van der Waals surface area contributed by atoms with Crippen LogP contribution in [-0.4, -0.2) is 31.0 Å². The molecule has 0 aliphatic carbocycles. The van der Waals surface area contributed by atoms with E-state index in [2.05, 4.69) is 15.0 Å². The van der Waals surface area contributed by atoms with E-state index in [9.17, 15) is 13.2 Å². The third-order valence-corrected chi connectivity index (χ3v) is 6.40. The lowest BCUT2D eigenvalue weighted by molar-refractivity contribution is -0.118. The second-order valence-corrected chi connectivity index (χ2v) is 8.82. The lowest BCUT2D eigenvalue weighted by Crippen LogP contribution is -2.23. The molecule has 0 saturated heterocycles. The number of rotatable bonds is 7. The number of amides is 1. The first-order chi connectivity index (χ1) is 15.4. The first-order valence-corrected chi connectivity index (χ1v) is 11.4. The van der Waals surface area contributed by atoms with Gasteiger partial charge in [0.15, 0.2) is 0 Å². The van der Waals surface area contributed by atoms with Crippen molar-refractivity contribution >= 4 is 38.3 Å². The van der Waals surface area contributed by atoms with Crippen LogP contribution in [0.4, 0.5) is 11.4 Å². The van der Waals surface area contributed by atoms with E-state index in [1.807, 2.05) is 24.3 Å². The minimum absolute atomic E-state index is 0.0157. The zero-order chi connectivity index (χ0) is 22.7. The SMILES string of the molecule is COc1ccccc1NS(=O)(=O)c1cccc(NC(=O)C(C)n2cnc3ccccc32)c1. The number of hydrogen-bond acceptors (Lipinski definition) is 5. The lowest BCUT2D eigenvalue weighted by atomic mass is 10.2. The summed E-state index contributed by atoms with van der Waals surface area (Å²) in [7, 11) is -2.43. The first kappa shape index (κ1) is 21.4. The fourth-order valence-electron chi connectivity index (χ4n) is 3.33. The normalized spacial score (nSPS) is 12.3. The molecular formula is C23H22N4O4S. The van der Waals surface area contributed by atoms with Crippen molar-refractivity contribution in [3.05, 3.63) is 79.1 Å². The molecule has 0 saturated carbocycles. The largest absolute Gasteiger partial charge is 0.495 e. The van der Waals surface area contributed by atoms with Crippen molar-refractivity contribution < 1.29 is 17.9 Å². The predicted octanol–water partition coefficient (Wildman–Crippen LogP) is 4.05. The van der Waals surface area contributed by atoms with Crippen molar-refractivity contribution in [1.29, 1.82) is 0 Å². The van der Waals surface area contributed by atoms with Crippen molar-refractivity contribution in [3.63, 3.8) is 0 Å². The van der Waals surface area contributed by atoms with Crippen molar-refractivity contribution in [2.45, 2.75) is 17.9 Å². The van der Waals surface area contributed by atoms with Gasteiger partial charge in [0.05, 0.1) is 35.1 Å². The molecular weight excluding hydrogens is 428 g/mol. The second-order valence-electron chi connectivity index (χ2n) is 7.14. The third-order valence-electron chi connectivity index (χ3n) is 5.04. The van der Waals surface area contributed by atoms with Gasteiger partial charge in [-0.3, -0.25) is 9.52 Å². The number of imidazole rings is 1. The Labute approximate surface area is 185 Å². The van der Waals surface area contributed by atoms with Crippen molar-refractivity contribution in [2.75, 3.05) is 17.1 Å². The number of para-hydroxylation sites is 4. The predicted molar refractivity (Wildman–Crippen MR) is 123 cm³/mol. The highest BCUT2D eigenvalue weighted by atomic mass is 32.2. The molecule has 1 amide bonds. The van der Waals surface area contributed by atoms with Gasteiger partial charge in [-0.25, -0.2) is 13.4 Å². The Morgan fingerprint density at radius 2 is 1.78 bits per heavy atom. The molecule has 164 valence electrons. The molecule has 2 N–H and O–H groups in total. The van der Waals surface area contributed by atoms with E-state index in [0.29, 0.717) is 17.1 Å². The van der Waals surface area contributed by atoms with Gasteiger partial charge in [0.25, 0.3) is 10.0 Å². The highest BCUT2D eigenvalue weighted by Crippen LogP contribution is 2.27. The van der Waals surface area contributed by atoms with Gasteiger partial charge in [0.1, 0.15) is 11.8 Å². The van der Waals surface area contributed by atoms with E-state index in [0.717, 1.165) is 11.0 Å². The zero-order valence-electron chi connectivity index (χ0n) is 17.5. The summed E-state index contributed by atoms with van der Waals surface area (Å²) < 4.78 is 35.3. The maximum atomic E-state index is 12.9. The third kappa shape index (κ3) is 4.28. The van der Waals surface area contributed by atoms with Gasteiger partial charge in [-0.05, 0) is 49.4 Å². The van der Waals surface area contributed by atoms with Crippen LogP contribution < -0.4 is 14.8 Å². The summed E-state index contributed by atoms with van der Waals surface area (Å²) in [5, 5.41) is 2.79. The molecule has 32 heavy (non-hydrogen) atoms. The number of sulfonamides is 1. The number of methoxy groups -OCH3 is 1. The van der Waals surface area contributed by atoms with Crippen molar-refractivity contribution in [1.82, 2.24) is 9.55 Å². The number of anilines is 2. The highest BCUT2D eigenvalue weighted by molar-refractivity contribution is 7.92. The van der Waals surface area contributed by atoms with Crippen LogP contribution in [0.25, 0.3) is 11.0 Å². The van der Waals surface area contributed by atoms with Gasteiger partial charge in [-0.1, -0.05) is 30.3 Å². The molecule has 0 bridgehead atoms. The molecule has 4 rings (SSSR count). The van der Waals surface area contributed by atoms with Gasteiger partial charge >= 0.3 is 0 Å². The van der Waals surface area contributed by atoms with E-state index in [1.54, 1.807) is 54.2 Å². The Morgan fingerprint density at radius 1 is 1.03 bits per heavy atom. The molecule has 0 spiro atoms. The number of fused-ring (bicyclic) bond motifs is 1. The molecule has 4 aromatic rings. The maximum absolute atomic E-state index is 12.9. The molecule has 0 aliphatic rings. The lowest BCUT2D eigenvalue weighted by Gasteiger charge is -2.16. The van der Waals surface area contributed by atoms with Gasteiger partial charge in [-0.2, -0.15) is 0 Å².